The summed E-state index contributed by atoms with van der Waals surface area (Å²) in [6, 6.07) is 69.9. The van der Waals surface area contributed by atoms with Gasteiger partial charge in [-0.15, -0.1) is 10.2 Å². The summed E-state index contributed by atoms with van der Waals surface area (Å²) in [5.41, 5.74) is 9.56. The van der Waals surface area contributed by atoms with Gasteiger partial charge in [-0.1, -0.05) is 169 Å². The highest BCUT2D eigenvalue weighted by atomic mass is 32.1. The molecule has 0 radical (unpaired) electrons. The Hall–Kier alpha value is -9.06. The maximum absolute atomic E-state index is 5.09. The minimum absolute atomic E-state index is 0.547. The summed E-state index contributed by atoms with van der Waals surface area (Å²) in [5.74, 6) is 3.52. The van der Waals surface area contributed by atoms with Gasteiger partial charge in [0.05, 0.1) is 22.1 Å². The third-order valence-electron chi connectivity index (χ3n) is 12.0. The molecule has 13 rings (SSSR count). The molecule has 0 aliphatic rings. The van der Waals surface area contributed by atoms with Gasteiger partial charge in [-0.05, 0) is 48.5 Å². The van der Waals surface area contributed by atoms with Gasteiger partial charge in [-0.25, -0.2) is 9.97 Å². The van der Waals surface area contributed by atoms with Crippen molar-refractivity contribution in [3.8, 4) is 78.6 Å². The molecule has 67 heavy (non-hydrogen) atoms. The summed E-state index contributed by atoms with van der Waals surface area (Å²) in [6.45, 7) is 0. The Morgan fingerprint density at radius 2 is 0.582 bits per heavy atom. The molecule has 0 atom stereocenters. The van der Waals surface area contributed by atoms with Crippen LogP contribution >= 0.6 is 11.3 Å². The average molecular weight is 879 g/mol. The van der Waals surface area contributed by atoms with E-state index in [1.807, 2.05) is 121 Å². The second-order valence-corrected chi connectivity index (χ2v) is 17.1. The zero-order chi connectivity index (χ0) is 44.3. The zero-order valence-corrected chi connectivity index (χ0v) is 36.3. The van der Waals surface area contributed by atoms with Crippen LogP contribution in [0.2, 0.25) is 0 Å². The van der Waals surface area contributed by atoms with Crippen LogP contribution in [0.3, 0.4) is 0 Å². The first-order chi connectivity index (χ1) is 33.2. The molecule has 0 fully saturated rings. The molecule has 11 heteroatoms. The highest BCUT2D eigenvalue weighted by Crippen LogP contribution is 2.39. The van der Waals surface area contributed by atoms with Gasteiger partial charge in [0.2, 0.25) is 11.9 Å². The summed E-state index contributed by atoms with van der Waals surface area (Å²) < 4.78 is 4.27. The summed E-state index contributed by atoms with van der Waals surface area (Å²) in [5, 5.41) is 15.5. The van der Waals surface area contributed by atoms with Crippen molar-refractivity contribution in [2.75, 3.05) is 0 Å². The van der Waals surface area contributed by atoms with Crippen LogP contribution in [0.4, 0.5) is 0 Å². The van der Waals surface area contributed by atoms with E-state index in [0.29, 0.717) is 35.2 Å². The molecular weight excluding hydrogens is 845 g/mol. The molecule has 5 heterocycles. The lowest BCUT2D eigenvalue weighted by Crippen LogP contribution is -2.06. The van der Waals surface area contributed by atoms with Gasteiger partial charge >= 0.3 is 0 Å². The van der Waals surface area contributed by atoms with Crippen molar-refractivity contribution in [1.82, 2.24) is 49.2 Å². The van der Waals surface area contributed by atoms with Gasteiger partial charge in [-0.3, -0.25) is 9.13 Å². The zero-order valence-electron chi connectivity index (χ0n) is 35.5. The lowest BCUT2D eigenvalue weighted by Gasteiger charge is -2.11. The SMILES string of the molecule is c1ccc(-c2nc(-c3ccccc3)nc(-n3c4ccccc4c4cc(-c5nnc(-c6ccc7c(c6)c6ccccc6n7-c6nc(-c7ccccc7)nc(-c7ccccc7)n6)s5)ccc43)n2)cc1. The number of benzene rings is 8. The normalized spacial score (nSPS) is 11.6. The van der Waals surface area contributed by atoms with Crippen LogP contribution in [-0.2, 0) is 0 Å². The largest absolute Gasteiger partial charge is 0.278 e. The standard InChI is InChI=1S/C56H34N10S/c1-5-17-35(18-6-1)49-57-50(36-19-7-2-8-20-36)60-55(59-49)65-45-27-15-13-25-41(45)43-33-39(29-31-47(43)65)53-63-64-54(67-53)40-30-32-48-44(34-40)42-26-14-16-28-46(42)66(48)56-61-51(37-21-9-3-10-22-37)58-52(62-56)38-23-11-4-12-24-38/h1-34H. The van der Waals surface area contributed by atoms with Crippen molar-refractivity contribution in [2.45, 2.75) is 0 Å². The molecule has 0 saturated carbocycles. The fraction of sp³-hybridized carbons (Fsp3) is 0. The molecule has 13 aromatic rings. The third-order valence-corrected chi connectivity index (χ3v) is 13.1. The van der Waals surface area contributed by atoms with Crippen molar-refractivity contribution in [1.29, 1.82) is 0 Å². The van der Waals surface area contributed by atoms with E-state index in [-0.39, 0.29) is 0 Å². The number of para-hydroxylation sites is 2. The molecule has 314 valence electrons. The van der Waals surface area contributed by atoms with E-state index in [9.17, 15) is 0 Å². The second kappa shape index (κ2) is 15.9. The molecule has 5 aromatic heterocycles. The monoisotopic (exact) mass is 878 g/mol. The molecule has 0 unspecified atom stereocenters. The summed E-state index contributed by atoms with van der Waals surface area (Å²) in [4.78, 5) is 30.2. The van der Waals surface area contributed by atoms with Crippen molar-refractivity contribution in [3.05, 3.63) is 206 Å². The Morgan fingerprint density at radius 3 is 0.940 bits per heavy atom. The second-order valence-electron chi connectivity index (χ2n) is 16.1. The lowest BCUT2D eigenvalue weighted by atomic mass is 10.1. The van der Waals surface area contributed by atoms with E-state index in [1.165, 1.54) is 0 Å². The van der Waals surface area contributed by atoms with E-state index in [2.05, 4.69) is 94.1 Å². The van der Waals surface area contributed by atoms with Gasteiger partial charge < -0.3 is 0 Å². The maximum atomic E-state index is 5.09. The molecular formula is C56H34N10S. The van der Waals surface area contributed by atoms with Crippen molar-refractivity contribution in [3.63, 3.8) is 0 Å². The lowest BCUT2D eigenvalue weighted by molar-refractivity contribution is 0.953. The summed E-state index contributed by atoms with van der Waals surface area (Å²) in [7, 11) is 0. The van der Waals surface area contributed by atoms with Gasteiger partial charge in [0.25, 0.3) is 0 Å². The number of rotatable bonds is 8. The highest BCUT2D eigenvalue weighted by molar-refractivity contribution is 7.17. The van der Waals surface area contributed by atoms with Crippen LogP contribution in [-0.4, -0.2) is 49.2 Å². The molecule has 0 aliphatic carbocycles. The molecule has 0 aliphatic heterocycles. The quantitative estimate of drug-likeness (QED) is 0.148. The highest BCUT2D eigenvalue weighted by Gasteiger charge is 2.21. The van der Waals surface area contributed by atoms with Gasteiger partial charge in [0.15, 0.2) is 23.3 Å². The fourth-order valence-electron chi connectivity index (χ4n) is 8.89. The van der Waals surface area contributed by atoms with Gasteiger partial charge in [-0.2, -0.15) is 19.9 Å². The number of hydrogen-bond donors (Lipinski definition) is 0. The molecule has 10 nitrogen and oxygen atoms in total. The number of fused-ring (bicyclic) bond motifs is 6. The minimum atomic E-state index is 0.547. The van der Waals surface area contributed by atoms with Crippen LogP contribution < -0.4 is 0 Å². The van der Waals surface area contributed by atoms with Crippen LogP contribution in [0.5, 0.6) is 0 Å². The first-order valence-electron chi connectivity index (χ1n) is 21.9. The first kappa shape index (κ1) is 38.4. The number of hydrogen-bond acceptors (Lipinski definition) is 9. The van der Waals surface area contributed by atoms with Crippen LogP contribution in [0.25, 0.3) is 122 Å². The smallest absolute Gasteiger partial charge is 0.238 e. The van der Waals surface area contributed by atoms with Crippen LogP contribution in [0.15, 0.2) is 206 Å². The Morgan fingerprint density at radius 1 is 0.269 bits per heavy atom. The Balaban J connectivity index is 0.906. The molecule has 0 saturated heterocycles. The molecule has 0 amide bonds. The predicted octanol–water partition coefficient (Wildman–Crippen LogP) is 13.1. The minimum Gasteiger partial charge on any atom is -0.278 e. The van der Waals surface area contributed by atoms with E-state index in [1.54, 1.807) is 11.3 Å². The third kappa shape index (κ3) is 6.72. The summed E-state index contributed by atoms with van der Waals surface area (Å²) in [6.07, 6.45) is 0. The maximum Gasteiger partial charge on any atom is 0.238 e. The van der Waals surface area contributed by atoms with Crippen molar-refractivity contribution < 1.29 is 0 Å². The predicted molar refractivity (Wildman–Crippen MR) is 268 cm³/mol. The van der Waals surface area contributed by atoms with Crippen LogP contribution in [0.1, 0.15) is 0 Å². The Kier molecular flexibility index (Phi) is 9.10. The van der Waals surface area contributed by atoms with Crippen LogP contribution in [0, 0.1) is 0 Å². The molecule has 0 bridgehead atoms. The fourth-order valence-corrected chi connectivity index (χ4v) is 9.73. The van der Waals surface area contributed by atoms with E-state index < -0.39 is 0 Å². The van der Waals surface area contributed by atoms with E-state index >= 15 is 0 Å². The van der Waals surface area contributed by atoms with E-state index in [0.717, 1.165) is 87.0 Å². The molecule has 0 spiro atoms. The van der Waals surface area contributed by atoms with Crippen molar-refractivity contribution >= 4 is 54.9 Å². The van der Waals surface area contributed by atoms with E-state index in [4.69, 9.17) is 40.1 Å². The number of nitrogens with zero attached hydrogens (tertiary/aromatic N) is 10. The van der Waals surface area contributed by atoms with Gasteiger partial charge in [0, 0.05) is 54.9 Å². The first-order valence-corrected chi connectivity index (χ1v) is 22.7. The Labute approximate surface area is 387 Å². The van der Waals surface area contributed by atoms with Crippen molar-refractivity contribution in [2.24, 2.45) is 0 Å². The topological polar surface area (TPSA) is 113 Å². The summed E-state index contributed by atoms with van der Waals surface area (Å²) >= 11 is 1.57. The number of aromatic nitrogens is 10. The molecule has 0 N–H and O–H groups in total. The average Bonchev–Trinajstić information content (AvgIpc) is 4.13. The Bertz CT molecular complexity index is 3610. The van der Waals surface area contributed by atoms with Gasteiger partial charge in [0.1, 0.15) is 10.0 Å². The molecule has 8 aromatic carbocycles.